The summed E-state index contributed by atoms with van der Waals surface area (Å²) in [6.45, 7) is 9.12. The maximum Gasteiger partial charge on any atom is 0.137 e. The number of benzene rings is 1. The Balaban J connectivity index is 1.19. The standard InChI is InChI=1S/C30H33N7O/c1-21-4-3-5-23(12-21)19-37-20-26(16-34-37)28-17-33-30-27(28)13-25(15-32-30)24-6-7-29(31-14-24)36-10-8-35(9-11-36)18-22(2)38/h3-7,12-17,20,22,38H,8-11,18-19H2,1-2H3,(H,32,33)/t22-/m0/s1. The molecule has 0 bridgehead atoms. The maximum absolute atomic E-state index is 9.65. The Morgan fingerprint density at radius 1 is 0.947 bits per heavy atom. The molecular formula is C30H33N7O. The Kier molecular flexibility index (Phi) is 6.66. The van der Waals surface area contributed by atoms with Crippen molar-refractivity contribution in [1.82, 2.24) is 29.6 Å². The molecule has 0 aliphatic carbocycles. The van der Waals surface area contributed by atoms with E-state index in [1.54, 1.807) is 0 Å². The van der Waals surface area contributed by atoms with Gasteiger partial charge in [-0.2, -0.15) is 5.10 Å². The summed E-state index contributed by atoms with van der Waals surface area (Å²) in [5, 5.41) is 15.3. The van der Waals surface area contributed by atoms with Crippen molar-refractivity contribution in [2.24, 2.45) is 0 Å². The van der Waals surface area contributed by atoms with Gasteiger partial charge in [0.1, 0.15) is 11.5 Å². The lowest BCUT2D eigenvalue weighted by atomic mass is 10.1. The molecule has 194 valence electrons. The number of pyridine rings is 2. The van der Waals surface area contributed by atoms with Gasteiger partial charge in [-0.25, -0.2) is 9.97 Å². The lowest BCUT2D eigenvalue weighted by Crippen LogP contribution is -2.48. The molecule has 4 aromatic heterocycles. The van der Waals surface area contributed by atoms with Crippen molar-refractivity contribution in [2.45, 2.75) is 26.5 Å². The molecular weight excluding hydrogens is 474 g/mol. The van der Waals surface area contributed by atoms with Crippen molar-refractivity contribution in [3.05, 3.63) is 84.6 Å². The highest BCUT2D eigenvalue weighted by Crippen LogP contribution is 2.31. The molecule has 38 heavy (non-hydrogen) atoms. The van der Waals surface area contributed by atoms with E-state index < -0.39 is 0 Å². The zero-order chi connectivity index (χ0) is 26.1. The monoisotopic (exact) mass is 507 g/mol. The van der Waals surface area contributed by atoms with Gasteiger partial charge in [0.15, 0.2) is 0 Å². The van der Waals surface area contributed by atoms with E-state index in [9.17, 15) is 5.11 Å². The largest absolute Gasteiger partial charge is 0.392 e. The third-order valence-corrected chi connectivity index (χ3v) is 7.20. The van der Waals surface area contributed by atoms with Gasteiger partial charge in [0, 0.05) is 85.2 Å². The average Bonchev–Trinajstić information content (AvgIpc) is 3.55. The Labute approximate surface area is 222 Å². The summed E-state index contributed by atoms with van der Waals surface area (Å²) in [7, 11) is 0. The summed E-state index contributed by atoms with van der Waals surface area (Å²) in [6.07, 6.45) is 9.56. The van der Waals surface area contributed by atoms with Gasteiger partial charge in [0.05, 0.1) is 18.8 Å². The molecule has 8 heteroatoms. The minimum absolute atomic E-state index is 0.291. The van der Waals surface area contributed by atoms with Crippen molar-refractivity contribution in [2.75, 3.05) is 37.6 Å². The van der Waals surface area contributed by atoms with E-state index in [4.69, 9.17) is 4.98 Å². The number of β-amino-alcohol motifs (C(OH)–C–C–N with tert-alkyl or cyclic N) is 1. The molecule has 0 unspecified atom stereocenters. The normalized spacial score (nSPS) is 15.3. The zero-order valence-electron chi connectivity index (χ0n) is 21.9. The smallest absolute Gasteiger partial charge is 0.137 e. The van der Waals surface area contributed by atoms with Gasteiger partial charge < -0.3 is 15.0 Å². The molecule has 1 aliphatic heterocycles. The lowest BCUT2D eigenvalue weighted by Gasteiger charge is -2.35. The number of rotatable bonds is 7. The molecule has 6 rings (SSSR count). The van der Waals surface area contributed by atoms with Crippen LogP contribution in [0.2, 0.25) is 0 Å². The van der Waals surface area contributed by atoms with Crippen molar-refractivity contribution < 1.29 is 5.11 Å². The van der Waals surface area contributed by atoms with Crippen LogP contribution >= 0.6 is 0 Å². The van der Waals surface area contributed by atoms with Crippen LogP contribution in [-0.2, 0) is 6.54 Å². The molecule has 0 amide bonds. The third-order valence-electron chi connectivity index (χ3n) is 7.20. The average molecular weight is 508 g/mol. The van der Waals surface area contributed by atoms with Crippen LogP contribution in [0.5, 0.6) is 0 Å². The van der Waals surface area contributed by atoms with Gasteiger partial charge in [-0.05, 0) is 37.6 Å². The van der Waals surface area contributed by atoms with Gasteiger partial charge in [-0.15, -0.1) is 0 Å². The second-order valence-corrected chi connectivity index (χ2v) is 10.3. The van der Waals surface area contributed by atoms with E-state index in [1.165, 1.54) is 11.1 Å². The third kappa shape index (κ3) is 5.18. The van der Waals surface area contributed by atoms with Crippen LogP contribution in [0, 0.1) is 6.92 Å². The number of aryl methyl sites for hydroxylation is 1. The molecule has 1 fully saturated rings. The summed E-state index contributed by atoms with van der Waals surface area (Å²) in [5.41, 5.74) is 7.57. The maximum atomic E-state index is 9.65. The van der Waals surface area contributed by atoms with E-state index in [-0.39, 0.29) is 6.10 Å². The number of H-pyrrole nitrogens is 1. The molecule has 1 saturated heterocycles. The first kappa shape index (κ1) is 24.3. The van der Waals surface area contributed by atoms with Crippen LogP contribution in [0.4, 0.5) is 5.82 Å². The molecule has 0 spiro atoms. The van der Waals surface area contributed by atoms with Crippen LogP contribution in [0.25, 0.3) is 33.3 Å². The van der Waals surface area contributed by atoms with E-state index in [0.29, 0.717) is 0 Å². The van der Waals surface area contributed by atoms with Crippen LogP contribution in [0.3, 0.4) is 0 Å². The van der Waals surface area contributed by atoms with Crippen LogP contribution in [0.15, 0.2) is 73.4 Å². The van der Waals surface area contributed by atoms with Crippen molar-refractivity contribution in [3.63, 3.8) is 0 Å². The molecule has 0 radical (unpaired) electrons. The molecule has 1 atom stereocenters. The predicted octanol–water partition coefficient (Wildman–Crippen LogP) is 4.35. The number of aromatic nitrogens is 5. The fraction of sp³-hybridized carbons (Fsp3) is 0.300. The minimum atomic E-state index is -0.291. The minimum Gasteiger partial charge on any atom is -0.392 e. The Hall–Kier alpha value is -4.01. The molecule has 0 saturated carbocycles. The van der Waals surface area contributed by atoms with Crippen molar-refractivity contribution in [1.29, 1.82) is 0 Å². The summed E-state index contributed by atoms with van der Waals surface area (Å²) in [4.78, 5) is 17.4. The quantitative estimate of drug-likeness (QED) is 0.341. The molecule has 5 aromatic rings. The van der Waals surface area contributed by atoms with Crippen molar-refractivity contribution in [3.8, 4) is 22.3 Å². The van der Waals surface area contributed by atoms with Gasteiger partial charge in [0.2, 0.25) is 0 Å². The predicted molar refractivity (Wildman–Crippen MR) is 151 cm³/mol. The fourth-order valence-corrected chi connectivity index (χ4v) is 5.26. The first-order valence-electron chi connectivity index (χ1n) is 13.2. The summed E-state index contributed by atoms with van der Waals surface area (Å²) in [6, 6.07) is 14.9. The van der Waals surface area contributed by atoms with E-state index in [2.05, 4.69) is 80.5 Å². The molecule has 1 aliphatic rings. The lowest BCUT2D eigenvalue weighted by molar-refractivity contribution is 0.122. The Morgan fingerprint density at radius 3 is 2.55 bits per heavy atom. The van der Waals surface area contributed by atoms with Crippen LogP contribution in [-0.4, -0.2) is 73.6 Å². The second-order valence-electron chi connectivity index (χ2n) is 10.3. The molecule has 8 nitrogen and oxygen atoms in total. The fourth-order valence-electron chi connectivity index (χ4n) is 5.26. The highest BCUT2D eigenvalue weighted by Gasteiger charge is 2.19. The summed E-state index contributed by atoms with van der Waals surface area (Å²) in [5.74, 6) is 0.989. The number of nitrogens with zero attached hydrogens (tertiary/aromatic N) is 6. The highest BCUT2D eigenvalue weighted by molar-refractivity contribution is 5.95. The number of hydrogen-bond donors (Lipinski definition) is 2. The topological polar surface area (TPSA) is 86.1 Å². The van der Waals surface area contributed by atoms with Gasteiger partial charge in [-0.3, -0.25) is 9.58 Å². The van der Waals surface area contributed by atoms with Gasteiger partial charge in [-0.1, -0.05) is 29.8 Å². The number of aromatic amines is 1. The number of piperazine rings is 1. The molecule has 5 heterocycles. The van der Waals surface area contributed by atoms with Gasteiger partial charge in [0.25, 0.3) is 0 Å². The zero-order valence-corrected chi connectivity index (χ0v) is 21.9. The first-order valence-corrected chi connectivity index (χ1v) is 13.2. The number of aliphatic hydroxyl groups is 1. The SMILES string of the molecule is Cc1cccc(Cn2cc(-c3c[nH]c4ncc(-c5ccc(N6CCN(C[C@H](C)O)CC6)nc5)cc34)cn2)c1. The summed E-state index contributed by atoms with van der Waals surface area (Å²) < 4.78 is 1.98. The number of fused-ring (bicyclic) bond motifs is 1. The van der Waals surface area contributed by atoms with Crippen LogP contribution in [0.1, 0.15) is 18.1 Å². The van der Waals surface area contributed by atoms with Gasteiger partial charge >= 0.3 is 0 Å². The van der Waals surface area contributed by atoms with E-state index in [0.717, 1.165) is 78.4 Å². The Morgan fingerprint density at radius 2 is 1.79 bits per heavy atom. The summed E-state index contributed by atoms with van der Waals surface area (Å²) >= 11 is 0. The van der Waals surface area contributed by atoms with Crippen LogP contribution < -0.4 is 4.90 Å². The number of hydrogen-bond acceptors (Lipinski definition) is 6. The first-order chi connectivity index (χ1) is 18.5. The molecule has 2 N–H and O–H groups in total. The number of nitrogens with one attached hydrogen (secondary N) is 1. The molecule has 1 aromatic carbocycles. The second kappa shape index (κ2) is 10.4. The number of aliphatic hydroxyl groups excluding tert-OH is 1. The number of anilines is 1. The Bertz CT molecular complexity index is 1530. The van der Waals surface area contributed by atoms with E-state index >= 15 is 0 Å². The highest BCUT2D eigenvalue weighted by atomic mass is 16.3. The van der Waals surface area contributed by atoms with Crippen molar-refractivity contribution >= 4 is 16.9 Å². The van der Waals surface area contributed by atoms with E-state index in [1.807, 2.05) is 36.4 Å².